The van der Waals surface area contributed by atoms with Gasteiger partial charge in [-0.25, -0.2) is 4.79 Å². The monoisotopic (exact) mass is 416 g/mol. The molecule has 0 aromatic heterocycles. The van der Waals surface area contributed by atoms with Crippen LogP contribution in [0.4, 0.5) is 0 Å². The van der Waals surface area contributed by atoms with Crippen molar-refractivity contribution in [3.05, 3.63) is 0 Å². The number of hydrogen-bond acceptors (Lipinski definition) is 7. The smallest absolute Gasteiger partial charge is 0.378 e. The molecule has 0 bridgehead atoms. The van der Waals surface area contributed by atoms with Crippen LogP contribution in [0.3, 0.4) is 0 Å². The second kappa shape index (κ2) is 15.8. The molecule has 0 amide bonds. The third-order valence-corrected chi connectivity index (χ3v) is 5.43. The van der Waals surface area contributed by atoms with Gasteiger partial charge in [0.25, 0.3) is 5.78 Å². The van der Waals surface area contributed by atoms with Gasteiger partial charge in [-0.15, -0.1) is 0 Å². The molecule has 0 saturated carbocycles. The van der Waals surface area contributed by atoms with Gasteiger partial charge in [0.05, 0.1) is 6.61 Å². The largest absolute Gasteiger partial charge is 0.450 e. The molecule has 3 N–H and O–H groups in total. The van der Waals surface area contributed by atoms with E-state index in [2.05, 4.69) is 6.92 Å². The average molecular weight is 417 g/mol. The lowest BCUT2D eigenvalue weighted by atomic mass is 10.0. The van der Waals surface area contributed by atoms with Crippen molar-refractivity contribution in [1.82, 2.24) is 0 Å². The number of aliphatic hydroxyl groups excluding tert-OH is 3. The average Bonchev–Trinajstić information content (AvgIpc) is 2.99. The van der Waals surface area contributed by atoms with Crippen LogP contribution in [0, 0.1) is 0 Å². The number of esters is 1. The van der Waals surface area contributed by atoms with Crippen LogP contribution in [0.15, 0.2) is 0 Å². The fourth-order valence-electron chi connectivity index (χ4n) is 3.61. The van der Waals surface area contributed by atoms with E-state index in [9.17, 15) is 19.8 Å². The zero-order valence-corrected chi connectivity index (χ0v) is 17.9. The van der Waals surface area contributed by atoms with Gasteiger partial charge >= 0.3 is 5.97 Å². The molecule has 1 rings (SSSR count). The summed E-state index contributed by atoms with van der Waals surface area (Å²) in [7, 11) is 0. The lowest BCUT2D eigenvalue weighted by molar-refractivity contribution is -0.176. The number of ketones is 1. The summed E-state index contributed by atoms with van der Waals surface area (Å²) in [5.41, 5.74) is 0. The summed E-state index contributed by atoms with van der Waals surface area (Å²) in [5, 5.41) is 28.6. The quantitative estimate of drug-likeness (QED) is 0.136. The standard InChI is InChI=1S/C22H40O7/c1-2-3-4-5-6-7-8-9-10-11-12-13-14-15-18(25)28-21-19(26)22(27)29-20(21)17(24)16-23/h17-18,20-21,23-25H,2-16H2,1H3/t17-,18?,20+,21?/m0/s1. The topological polar surface area (TPSA) is 113 Å². The Bertz CT molecular complexity index is 454. The third-order valence-electron chi connectivity index (χ3n) is 5.43. The number of hydrogen-bond donors (Lipinski definition) is 3. The Hall–Kier alpha value is -1.02. The summed E-state index contributed by atoms with van der Waals surface area (Å²) in [4.78, 5) is 23.1. The molecule has 7 heteroatoms. The minimum atomic E-state index is -1.42. The Morgan fingerprint density at radius 3 is 1.83 bits per heavy atom. The van der Waals surface area contributed by atoms with Gasteiger partial charge in [0, 0.05) is 0 Å². The van der Waals surface area contributed by atoms with Crippen molar-refractivity contribution in [2.75, 3.05) is 6.61 Å². The van der Waals surface area contributed by atoms with Crippen molar-refractivity contribution in [1.29, 1.82) is 0 Å². The molecular formula is C22H40O7. The molecule has 2 unspecified atom stereocenters. The number of unbranched alkanes of at least 4 members (excludes halogenated alkanes) is 12. The highest BCUT2D eigenvalue weighted by molar-refractivity contribution is 6.37. The molecule has 0 aromatic rings. The highest BCUT2D eigenvalue weighted by atomic mass is 16.6. The fraction of sp³-hybridized carbons (Fsp3) is 0.909. The van der Waals surface area contributed by atoms with Gasteiger partial charge in [0.15, 0.2) is 18.5 Å². The maximum absolute atomic E-state index is 11.8. The molecule has 0 spiro atoms. The van der Waals surface area contributed by atoms with Crippen molar-refractivity contribution in [2.45, 2.75) is 121 Å². The van der Waals surface area contributed by atoms with Crippen molar-refractivity contribution < 1.29 is 34.4 Å². The van der Waals surface area contributed by atoms with Gasteiger partial charge in [0.2, 0.25) is 0 Å². The van der Waals surface area contributed by atoms with Crippen LogP contribution in [0.25, 0.3) is 0 Å². The van der Waals surface area contributed by atoms with E-state index in [1.807, 2.05) is 0 Å². The Morgan fingerprint density at radius 1 is 0.862 bits per heavy atom. The van der Waals surface area contributed by atoms with Crippen molar-refractivity contribution >= 4 is 11.8 Å². The summed E-state index contributed by atoms with van der Waals surface area (Å²) in [6.07, 6.45) is 11.0. The molecule has 7 nitrogen and oxygen atoms in total. The van der Waals surface area contributed by atoms with Gasteiger partial charge in [-0.2, -0.15) is 0 Å². The lowest BCUT2D eigenvalue weighted by Gasteiger charge is -2.22. The second-order valence-electron chi connectivity index (χ2n) is 8.03. The van der Waals surface area contributed by atoms with E-state index in [1.165, 1.54) is 64.2 Å². The van der Waals surface area contributed by atoms with E-state index < -0.39 is 43.0 Å². The molecule has 4 atom stereocenters. The number of ether oxygens (including phenoxy) is 2. The Kier molecular flexibility index (Phi) is 14.1. The molecule has 0 aromatic carbocycles. The number of carbonyl (C=O) groups is 2. The Morgan fingerprint density at radius 2 is 1.34 bits per heavy atom. The number of carbonyl (C=O) groups excluding carboxylic acids is 2. The van der Waals surface area contributed by atoms with E-state index in [0.717, 1.165) is 19.3 Å². The highest BCUT2D eigenvalue weighted by Crippen LogP contribution is 2.21. The molecule has 1 fully saturated rings. The molecule has 1 aliphatic rings. The summed E-state index contributed by atoms with van der Waals surface area (Å²) in [6, 6.07) is 0. The molecule has 170 valence electrons. The molecule has 29 heavy (non-hydrogen) atoms. The van der Waals surface area contributed by atoms with Gasteiger partial charge in [-0.3, -0.25) is 4.79 Å². The van der Waals surface area contributed by atoms with Crippen molar-refractivity contribution in [3.63, 3.8) is 0 Å². The lowest BCUT2D eigenvalue weighted by Crippen LogP contribution is -2.42. The van der Waals surface area contributed by atoms with Crippen LogP contribution in [-0.4, -0.2) is 58.3 Å². The van der Waals surface area contributed by atoms with Gasteiger partial charge in [-0.1, -0.05) is 84.0 Å². The Balaban J connectivity index is 2.03. The van der Waals surface area contributed by atoms with E-state index in [1.54, 1.807) is 0 Å². The van der Waals surface area contributed by atoms with Crippen LogP contribution in [0.1, 0.15) is 96.8 Å². The molecule has 1 saturated heterocycles. The molecule has 0 aliphatic carbocycles. The Labute approximate surface area is 174 Å². The normalized spacial score (nSPS) is 21.4. The first kappa shape index (κ1) is 26.0. The van der Waals surface area contributed by atoms with Crippen molar-refractivity contribution in [3.8, 4) is 0 Å². The third kappa shape index (κ3) is 10.5. The van der Waals surface area contributed by atoms with Crippen LogP contribution < -0.4 is 0 Å². The van der Waals surface area contributed by atoms with Gasteiger partial charge in [0.1, 0.15) is 6.10 Å². The number of Topliss-reactive ketones (excluding diaryl/α,β-unsaturated/α-hetero) is 1. The first-order valence-electron chi connectivity index (χ1n) is 11.4. The zero-order chi connectivity index (χ0) is 21.5. The van der Waals surface area contributed by atoms with Gasteiger partial charge < -0.3 is 24.8 Å². The summed E-state index contributed by atoms with van der Waals surface area (Å²) in [6.45, 7) is 1.57. The van der Waals surface area contributed by atoms with Gasteiger partial charge in [-0.05, 0) is 12.8 Å². The summed E-state index contributed by atoms with van der Waals surface area (Å²) in [5.74, 6) is -2.05. The maximum Gasteiger partial charge on any atom is 0.378 e. The van der Waals surface area contributed by atoms with Crippen LogP contribution in [-0.2, 0) is 19.1 Å². The van der Waals surface area contributed by atoms with E-state index in [4.69, 9.17) is 14.6 Å². The predicted molar refractivity (Wildman–Crippen MR) is 109 cm³/mol. The van der Waals surface area contributed by atoms with E-state index >= 15 is 0 Å². The maximum atomic E-state index is 11.8. The van der Waals surface area contributed by atoms with Crippen LogP contribution >= 0.6 is 0 Å². The highest BCUT2D eigenvalue weighted by Gasteiger charge is 2.48. The number of cyclic esters (lactones) is 1. The molecular weight excluding hydrogens is 376 g/mol. The SMILES string of the molecule is CCCCCCCCCCCCCCCC(O)OC1C(=O)C(=O)O[C@@H]1[C@@H](O)CO. The summed E-state index contributed by atoms with van der Waals surface area (Å²) < 4.78 is 9.95. The van der Waals surface area contributed by atoms with E-state index in [0.29, 0.717) is 6.42 Å². The molecule has 0 radical (unpaired) electrons. The fourth-order valence-corrected chi connectivity index (χ4v) is 3.61. The predicted octanol–water partition coefficient (Wildman–Crippen LogP) is 3.02. The first-order chi connectivity index (χ1) is 14.0. The molecule has 1 heterocycles. The minimum Gasteiger partial charge on any atom is -0.450 e. The minimum absolute atomic E-state index is 0.345. The van der Waals surface area contributed by atoms with E-state index in [-0.39, 0.29) is 0 Å². The van der Waals surface area contributed by atoms with Crippen LogP contribution in [0.2, 0.25) is 0 Å². The number of rotatable bonds is 18. The van der Waals surface area contributed by atoms with Crippen LogP contribution in [0.5, 0.6) is 0 Å². The second-order valence-corrected chi connectivity index (χ2v) is 8.03. The van der Waals surface area contributed by atoms with Crippen molar-refractivity contribution in [2.24, 2.45) is 0 Å². The number of aliphatic hydroxyl groups is 3. The molecule has 1 aliphatic heterocycles. The first-order valence-corrected chi connectivity index (χ1v) is 11.4. The zero-order valence-electron chi connectivity index (χ0n) is 17.9. The summed E-state index contributed by atoms with van der Waals surface area (Å²) >= 11 is 0.